The van der Waals surface area contributed by atoms with Crippen molar-refractivity contribution in [1.29, 1.82) is 0 Å². The first-order valence-corrected chi connectivity index (χ1v) is 15.1. The Morgan fingerprint density at radius 2 is 1.64 bits per heavy atom. The number of benzene rings is 3. The second-order valence-electron chi connectivity index (χ2n) is 9.71. The van der Waals surface area contributed by atoms with Crippen LogP contribution in [-0.4, -0.2) is 50.5 Å². The van der Waals surface area contributed by atoms with Crippen LogP contribution < -0.4 is 29.1 Å². The van der Waals surface area contributed by atoms with Gasteiger partial charge in [-0.05, 0) is 55.3 Å². The standard InChI is InChI=1S/C34H32N2O8S/c1-5-42-28(37)20-44-25-17-12-21(18-26(25)41-4)19-27-32(38)36-31(23-13-15-24(40-3)16-14-23)29(33(39)43-6-2)30(35-34(36)45-27)22-10-8-7-9-11-22/h7-19,31H,5-6,20H2,1-4H3/b27-19-/t31-/m0/s1. The van der Waals surface area contributed by atoms with Crippen molar-refractivity contribution in [2.24, 2.45) is 4.99 Å². The normalized spacial score (nSPS) is 14.3. The van der Waals surface area contributed by atoms with E-state index in [0.29, 0.717) is 43.4 Å². The highest BCUT2D eigenvalue weighted by Crippen LogP contribution is 2.36. The lowest BCUT2D eigenvalue weighted by atomic mass is 9.93. The third-order valence-electron chi connectivity index (χ3n) is 6.94. The largest absolute Gasteiger partial charge is 0.497 e. The fourth-order valence-corrected chi connectivity index (χ4v) is 5.93. The molecule has 10 nitrogen and oxygen atoms in total. The Hall–Kier alpha value is -5.16. The van der Waals surface area contributed by atoms with E-state index in [1.807, 2.05) is 42.5 Å². The molecule has 0 aliphatic carbocycles. The van der Waals surface area contributed by atoms with E-state index < -0.39 is 18.0 Å². The van der Waals surface area contributed by atoms with Crippen LogP contribution in [0.2, 0.25) is 0 Å². The van der Waals surface area contributed by atoms with E-state index in [9.17, 15) is 14.4 Å². The SMILES string of the molecule is CCOC(=O)COc1ccc(/C=c2\sc3n(c2=O)[C@@H](c2ccc(OC)cc2)C(C(=O)OCC)=C(c2ccccc2)N=3)cc1OC. The molecule has 232 valence electrons. The average Bonchev–Trinajstić information content (AvgIpc) is 3.37. The molecule has 1 atom stereocenters. The van der Waals surface area contributed by atoms with Gasteiger partial charge in [0.15, 0.2) is 22.9 Å². The van der Waals surface area contributed by atoms with E-state index in [4.69, 9.17) is 28.7 Å². The number of carbonyl (C=O) groups excluding carboxylic acids is 2. The van der Waals surface area contributed by atoms with Crippen LogP contribution in [0.15, 0.2) is 88.2 Å². The van der Waals surface area contributed by atoms with Crippen molar-refractivity contribution in [3.05, 3.63) is 115 Å². The molecule has 2 heterocycles. The third kappa shape index (κ3) is 6.68. The number of hydrogen-bond acceptors (Lipinski definition) is 10. The van der Waals surface area contributed by atoms with E-state index in [0.717, 1.165) is 5.56 Å². The molecule has 0 N–H and O–H groups in total. The van der Waals surface area contributed by atoms with Gasteiger partial charge in [0.1, 0.15) is 5.75 Å². The van der Waals surface area contributed by atoms with Crippen LogP contribution in [0, 0.1) is 0 Å². The summed E-state index contributed by atoms with van der Waals surface area (Å²) in [6, 6.07) is 20.9. The minimum Gasteiger partial charge on any atom is -0.497 e. The zero-order valence-corrected chi connectivity index (χ0v) is 26.1. The van der Waals surface area contributed by atoms with Crippen LogP contribution in [0.4, 0.5) is 0 Å². The van der Waals surface area contributed by atoms with E-state index in [1.165, 1.54) is 23.0 Å². The highest BCUT2D eigenvalue weighted by molar-refractivity contribution is 7.07. The van der Waals surface area contributed by atoms with Gasteiger partial charge in [0, 0.05) is 5.56 Å². The van der Waals surface area contributed by atoms with Crippen LogP contribution in [-0.2, 0) is 19.1 Å². The molecule has 0 fully saturated rings. The number of esters is 2. The Kier molecular flexibility index (Phi) is 9.79. The number of hydrogen-bond donors (Lipinski definition) is 0. The predicted molar refractivity (Wildman–Crippen MR) is 169 cm³/mol. The lowest BCUT2D eigenvalue weighted by Crippen LogP contribution is -2.40. The van der Waals surface area contributed by atoms with Gasteiger partial charge in [0.05, 0.1) is 49.3 Å². The fourth-order valence-electron chi connectivity index (χ4n) is 4.93. The molecule has 0 amide bonds. The van der Waals surface area contributed by atoms with Crippen LogP contribution in [0.1, 0.15) is 36.6 Å². The van der Waals surface area contributed by atoms with Gasteiger partial charge in [0.2, 0.25) is 0 Å². The maximum absolute atomic E-state index is 14.1. The van der Waals surface area contributed by atoms with Crippen LogP contribution >= 0.6 is 11.3 Å². The minimum absolute atomic E-state index is 0.158. The molecule has 0 saturated heterocycles. The number of carbonyl (C=O) groups is 2. The number of rotatable bonds is 11. The molecule has 11 heteroatoms. The van der Waals surface area contributed by atoms with Crippen LogP contribution in [0.3, 0.4) is 0 Å². The molecule has 45 heavy (non-hydrogen) atoms. The van der Waals surface area contributed by atoms with Gasteiger partial charge in [-0.25, -0.2) is 14.6 Å². The first kappa shape index (κ1) is 31.3. The lowest BCUT2D eigenvalue weighted by Gasteiger charge is -2.26. The smallest absolute Gasteiger partial charge is 0.344 e. The first-order chi connectivity index (χ1) is 21.9. The van der Waals surface area contributed by atoms with Crippen molar-refractivity contribution in [1.82, 2.24) is 4.57 Å². The fraction of sp³-hybridized carbons (Fsp3) is 0.235. The molecule has 4 aromatic rings. The summed E-state index contributed by atoms with van der Waals surface area (Å²) < 4.78 is 28.8. The number of methoxy groups -OCH3 is 2. The van der Waals surface area contributed by atoms with Crippen molar-refractivity contribution >= 4 is 35.0 Å². The number of ether oxygens (including phenoxy) is 5. The zero-order valence-electron chi connectivity index (χ0n) is 25.3. The zero-order chi connectivity index (χ0) is 31.9. The lowest BCUT2D eigenvalue weighted by molar-refractivity contribution is -0.145. The molecule has 0 saturated carbocycles. The summed E-state index contributed by atoms with van der Waals surface area (Å²) in [7, 11) is 3.06. The molecule has 0 spiro atoms. The maximum atomic E-state index is 14.1. The molecule has 0 bridgehead atoms. The van der Waals surface area contributed by atoms with E-state index in [-0.39, 0.29) is 31.0 Å². The van der Waals surface area contributed by atoms with E-state index in [1.54, 1.807) is 57.4 Å². The van der Waals surface area contributed by atoms with Crippen molar-refractivity contribution in [2.45, 2.75) is 19.9 Å². The summed E-state index contributed by atoms with van der Waals surface area (Å²) in [5.74, 6) is 0.328. The molecular formula is C34H32N2O8S. The highest BCUT2D eigenvalue weighted by atomic mass is 32.1. The minimum atomic E-state index is -0.809. The van der Waals surface area contributed by atoms with Crippen molar-refractivity contribution < 1.29 is 33.3 Å². The summed E-state index contributed by atoms with van der Waals surface area (Å²) >= 11 is 1.21. The van der Waals surface area contributed by atoms with Gasteiger partial charge in [-0.3, -0.25) is 9.36 Å². The highest BCUT2D eigenvalue weighted by Gasteiger charge is 2.35. The topological polar surface area (TPSA) is 115 Å². The Morgan fingerprint density at radius 1 is 0.911 bits per heavy atom. The molecule has 5 rings (SSSR count). The summed E-state index contributed by atoms with van der Waals surface area (Å²) in [4.78, 5) is 44.8. The van der Waals surface area contributed by atoms with Gasteiger partial charge in [-0.1, -0.05) is 59.9 Å². The second-order valence-corrected chi connectivity index (χ2v) is 10.7. The van der Waals surface area contributed by atoms with Gasteiger partial charge < -0.3 is 23.7 Å². The molecule has 1 aliphatic rings. The molecule has 1 aromatic heterocycles. The molecule has 3 aromatic carbocycles. The van der Waals surface area contributed by atoms with Gasteiger partial charge in [-0.2, -0.15) is 0 Å². The summed E-state index contributed by atoms with van der Waals surface area (Å²) in [6.07, 6.45) is 1.72. The number of fused-ring (bicyclic) bond motifs is 1. The Balaban J connectivity index is 1.67. The second kappa shape index (κ2) is 14.1. The van der Waals surface area contributed by atoms with E-state index in [2.05, 4.69) is 0 Å². The van der Waals surface area contributed by atoms with Gasteiger partial charge in [-0.15, -0.1) is 0 Å². The first-order valence-electron chi connectivity index (χ1n) is 14.3. The average molecular weight is 629 g/mol. The van der Waals surface area contributed by atoms with Crippen molar-refractivity contribution in [2.75, 3.05) is 34.0 Å². The maximum Gasteiger partial charge on any atom is 0.344 e. The number of thiazole rings is 1. The Morgan fingerprint density at radius 3 is 2.31 bits per heavy atom. The molecule has 0 radical (unpaired) electrons. The summed E-state index contributed by atoms with van der Waals surface area (Å²) in [5.41, 5.74) is 2.45. The van der Waals surface area contributed by atoms with Gasteiger partial charge in [0.25, 0.3) is 5.56 Å². The monoisotopic (exact) mass is 628 g/mol. The quantitative estimate of drug-likeness (QED) is 0.230. The van der Waals surface area contributed by atoms with E-state index >= 15 is 0 Å². The number of aromatic nitrogens is 1. The Labute approximate surface area is 263 Å². The predicted octanol–water partition coefficient (Wildman–Crippen LogP) is 3.89. The number of nitrogens with zero attached hydrogens (tertiary/aromatic N) is 2. The molecule has 1 aliphatic heterocycles. The third-order valence-corrected chi connectivity index (χ3v) is 7.92. The van der Waals surface area contributed by atoms with Crippen molar-refractivity contribution in [3.63, 3.8) is 0 Å². The van der Waals surface area contributed by atoms with Crippen molar-refractivity contribution in [3.8, 4) is 17.2 Å². The summed E-state index contributed by atoms with van der Waals surface area (Å²) in [6.45, 7) is 3.60. The van der Waals surface area contributed by atoms with Crippen LogP contribution in [0.25, 0.3) is 11.8 Å². The molecular weight excluding hydrogens is 596 g/mol. The molecule has 0 unspecified atom stereocenters. The van der Waals surface area contributed by atoms with Crippen LogP contribution in [0.5, 0.6) is 17.2 Å². The Bertz CT molecular complexity index is 1910. The summed E-state index contributed by atoms with van der Waals surface area (Å²) in [5, 5.41) is 0. The van der Waals surface area contributed by atoms with Gasteiger partial charge >= 0.3 is 11.9 Å².